The fourth-order valence-electron chi connectivity index (χ4n) is 0. The molecule has 0 bridgehead atoms. The Morgan fingerprint density at radius 1 is 2.00 bits per heavy atom. The SMILES string of the molecule is CC(=O)N(N)S. The molecule has 0 aliphatic rings. The third-order valence-electron chi connectivity index (χ3n) is 0.323. The molecule has 0 rings (SSSR count). The monoisotopic (exact) mass is 106 g/mol. The smallest absolute Gasteiger partial charge is 0.243 e. The molecule has 0 saturated heterocycles. The van der Waals surface area contributed by atoms with Gasteiger partial charge in [0.2, 0.25) is 5.91 Å². The van der Waals surface area contributed by atoms with Crippen LogP contribution >= 0.6 is 12.8 Å². The van der Waals surface area contributed by atoms with Gasteiger partial charge >= 0.3 is 0 Å². The number of carbonyl (C=O) groups excluding carboxylic acids is 1. The summed E-state index contributed by atoms with van der Waals surface area (Å²) >= 11 is 3.45. The minimum atomic E-state index is -0.265. The molecule has 0 aromatic rings. The largest absolute Gasteiger partial charge is 0.273 e. The van der Waals surface area contributed by atoms with Crippen molar-refractivity contribution in [3.8, 4) is 0 Å². The van der Waals surface area contributed by atoms with Gasteiger partial charge in [-0.1, -0.05) is 0 Å². The Labute approximate surface area is 41.6 Å². The Kier molecular flexibility index (Phi) is 1.97. The number of nitrogens with zero attached hydrogens (tertiary/aromatic N) is 1. The minimum absolute atomic E-state index is 0.265. The molecular weight excluding hydrogens is 100 g/mol. The number of amides is 1. The molecule has 1 amide bonds. The van der Waals surface area contributed by atoms with Crippen LogP contribution in [0.5, 0.6) is 0 Å². The van der Waals surface area contributed by atoms with Crippen molar-refractivity contribution in [2.45, 2.75) is 6.92 Å². The van der Waals surface area contributed by atoms with E-state index in [0.29, 0.717) is 0 Å². The van der Waals surface area contributed by atoms with Crippen LogP contribution in [0.2, 0.25) is 0 Å². The molecule has 0 spiro atoms. The average Bonchev–Trinajstić information content (AvgIpc) is 1.36. The summed E-state index contributed by atoms with van der Waals surface area (Å²) < 4.78 is 0.722. The number of hydrogen-bond donors (Lipinski definition) is 2. The summed E-state index contributed by atoms with van der Waals surface area (Å²) in [5.41, 5.74) is 0. The number of thiol groups is 1. The maximum absolute atomic E-state index is 9.87. The first-order chi connectivity index (χ1) is 2.64. The minimum Gasteiger partial charge on any atom is -0.273 e. The van der Waals surface area contributed by atoms with E-state index >= 15 is 0 Å². The van der Waals surface area contributed by atoms with E-state index in [1.165, 1.54) is 6.92 Å². The molecule has 0 aromatic carbocycles. The first kappa shape index (κ1) is 5.78. The molecule has 0 radical (unpaired) electrons. The van der Waals surface area contributed by atoms with Gasteiger partial charge in [0.25, 0.3) is 0 Å². The second kappa shape index (κ2) is 2.04. The third kappa shape index (κ3) is 2.04. The molecule has 0 aliphatic heterocycles. The van der Waals surface area contributed by atoms with Crippen molar-refractivity contribution in [3.05, 3.63) is 0 Å². The van der Waals surface area contributed by atoms with Crippen LogP contribution in [0.25, 0.3) is 0 Å². The Balaban J connectivity index is 3.26. The van der Waals surface area contributed by atoms with Crippen molar-refractivity contribution in [1.29, 1.82) is 0 Å². The lowest BCUT2D eigenvalue weighted by Crippen LogP contribution is -2.24. The molecule has 0 fully saturated rings. The molecule has 6 heavy (non-hydrogen) atoms. The first-order valence-corrected chi connectivity index (χ1v) is 1.79. The Morgan fingerprint density at radius 3 is 2.17 bits per heavy atom. The lowest BCUT2D eigenvalue weighted by Gasteiger charge is -1.99. The zero-order valence-corrected chi connectivity index (χ0v) is 4.27. The van der Waals surface area contributed by atoms with Gasteiger partial charge in [-0.25, -0.2) is 10.3 Å². The van der Waals surface area contributed by atoms with E-state index in [2.05, 4.69) is 12.8 Å². The van der Waals surface area contributed by atoms with Crippen molar-refractivity contribution in [1.82, 2.24) is 4.41 Å². The highest BCUT2D eigenvalue weighted by molar-refractivity contribution is 7.78. The van der Waals surface area contributed by atoms with Crippen LogP contribution < -0.4 is 5.84 Å². The number of nitrogens with two attached hydrogens (primary N) is 1. The Morgan fingerprint density at radius 2 is 2.17 bits per heavy atom. The number of rotatable bonds is 0. The van der Waals surface area contributed by atoms with Crippen LogP contribution in [0.4, 0.5) is 0 Å². The summed E-state index contributed by atoms with van der Waals surface area (Å²) in [4.78, 5) is 9.87. The molecule has 0 saturated carbocycles. The molecule has 4 heteroatoms. The van der Waals surface area contributed by atoms with Gasteiger partial charge in [-0.05, 0) is 12.8 Å². The van der Waals surface area contributed by atoms with Gasteiger partial charge < -0.3 is 0 Å². The molecule has 0 heterocycles. The Hall–Kier alpha value is -0.220. The number of hydrogen-bond acceptors (Lipinski definition) is 3. The molecule has 36 valence electrons. The summed E-state index contributed by atoms with van der Waals surface area (Å²) in [6.07, 6.45) is 0. The zero-order chi connectivity index (χ0) is 5.15. The summed E-state index contributed by atoms with van der Waals surface area (Å²) in [6.45, 7) is 1.33. The molecule has 3 nitrogen and oxygen atoms in total. The van der Waals surface area contributed by atoms with Crippen molar-refractivity contribution in [2.75, 3.05) is 0 Å². The standard InChI is InChI=1S/C2H6N2OS/c1-2(5)4(3)6/h6H,3H2,1H3. The molecule has 0 atom stereocenters. The molecule has 2 N–H and O–H groups in total. The van der Waals surface area contributed by atoms with Gasteiger partial charge in [-0.15, -0.1) is 0 Å². The van der Waals surface area contributed by atoms with Gasteiger partial charge in [-0.2, -0.15) is 0 Å². The summed E-state index contributed by atoms with van der Waals surface area (Å²) in [5, 5.41) is 0. The molecule has 0 unspecified atom stereocenters. The van der Waals surface area contributed by atoms with E-state index in [1.807, 2.05) is 0 Å². The van der Waals surface area contributed by atoms with Gasteiger partial charge in [0.05, 0.1) is 0 Å². The highest BCUT2D eigenvalue weighted by Crippen LogP contribution is 1.78. The third-order valence-corrected chi connectivity index (χ3v) is 0.604. The van der Waals surface area contributed by atoms with Crippen molar-refractivity contribution >= 4 is 18.7 Å². The normalized spacial score (nSPS) is 7.83. The van der Waals surface area contributed by atoms with E-state index in [1.54, 1.807) is 0 Å². The quantitative estimate of drug-likeness (QED) is 0.190. The predicted molar refractivity (Wildman–Crippen MR) is 25.7 cm³/mol. The molecular formula is C2H6N2OS. The van der Waals surface area contributed by atoms with E-state index in [-0.39, 0.29) is 5.91 Å². The maximum atomic E-state index is 9.87. The second-order valence-electron chi connectivity index (χ2n) is 0.864. The van der Waals surface area contributed by atoms with Crippen LogP contribution in [0, 0.1) is 0 Å². The van der Waals surface area contributed by atoms with Crippen molar-refractivity contribution < 1.29 is 4.79 Å². The maximum Gasteiger partial charge on any atom is 0.243 e. The van der Waals surface area contributed by atoms with E-state index in [4.69, 9.17) is 5.84 Å². The summed E-state index contributed by atoms with van der Waals surface area (Å²) in [7, 11) is 0. The van der Waals surface area contributed by atoms with Crippen LogP contribution in [0.15, 0.2) is 0 Å². The summed E-state index contributed by atoms with van der Waals surface area (Å²) in [5.74, 6) is 4.52. The topological polar surface area (TPSA) is 46.3 Å². The fourth-order valence-corrected chi connectivity index (χ4v) is 0. The van der Waals surface area contributed by atoms with Gasteiger partial charge in [-0.3, -0.25) is 4.79 Å². The summed E-state index contributed by atoms with van der Waals surface area (Å²) in [6, 6.07) is 0. The van der Waals surface area contributed by atoms with Gasteiger partial charge in [0.1, 0.15) is 0 Å². The highest BCUT2D eigenvalue weighted by atomic mass is 32.1. The predicted octanol–water partition coefficient (Wildman–Crippen LogP) is -0.447. The van der Waals surface area contributed by atoms with E-state index < -0.39 is 0 Å². The first-order valence-electron chi connectivity index (χ1n) is 1.39. The van der Waals surface area contributed by atoms with Crippen LogP contribution in [-0.2, 0) is 4.79 Å². The van der Waals surface area contributed by atoms with Crippen LogP contribution in [-0.4, -0.2) is 10.3 Å². The molecule has 0 aliphatic carbocycles. The number of hydrazine groups is 1. The van der Waals surface area contributed by atoms with E-state index in [0.717, 1.165) is 4.41 Å². The fraction of sp³-hybridized carbons (Fsp3) is 0.500. The van der Waals surface area contributed by atoms with Gasteiger partial charge in [0, 0.05) is 6.92 Å². The van der Waals surface area contributed by atoms with Gasteiger partial charge in [0.15, 0.2) is 0 Å². The molecule has 0 aromatic heterocycles. The van der Waals surface area contributed by atoms with Crippen LogP contribution in [0.1, 0.15) is 6.92 Å². The average molecular weight is 106 g/mol. The van der Waals surface area contributed by atoms with E-state index in [9.17, 15) is 4.79 Å². The zero-order valence-electron chi connectivity index (χ0n) is 3.38. The lowest BCUT2D eigenvalue weighted by molar-refractivity contribution is -0.123. The van der Waals surface area contributed by atoms with Crippen LogP contribution in [0.3, 0.4) is 0 Å². The number of carbonyl (C=O) groups is 1. The highest BCUT2D eigenvalue weighted by Gasteiger charge is 1.89. The Bertz CT molecular complexity index is 62.6. The van der Waals surface area contributed by atoms with Crippen molar-refractivity contribution in [3.63, 3.8) is 0 Å². The van der Waals surface area contributed by atoms with Crippen molar-refractivity contribution in [2.24, 2.45) is 5.84 Å². The lowest BCUT2D eigenvalue weighted by atomic mass is 10.8. The second-order valence-corrected chi connectivity index (χ2v) is 1.29.